The third-order valence-electron chi connectivity index (χ3n) is 2.39. The van der Waals surface area contributed by atoms with Gasteiger partial charge in [0.2, 0.25) is 0 Å². The highest BCUT2D eigenvalue weighted by Crippen LogP contribution is 2.36. The minimum atomic E-state index is -4.23. The molecule has 1 unspecified atom stereocenters. The van der Waals surface area contributed by atoms with Crippen molar-refractivity contribution in [3.8, 4) is 0 Å². The molecule has 1 atom stereocenters. The summed E-state index contributed by atoms with van der Waals surface area (Å²) >= 11 is 1.53. The molecule has 1 N–H and O–H groups in total. The van der Waals surface area contributed by atoms with Crippen molar-refractivity contribution < 1.29 is 13.2 Å². The van der Waals surface area contributed by atoms with Gasteiger partial charge in [0, 0.05) is 23.2 Å². The highest BCUT2D eigenvalue weighted by atomic mass is 32.2. The molecule has 0 amide bonds. The van der Waals surface area contributed by atoms with Gasteiger partial charge in [-0.05, 0) is 11.8 Å². The van der Waals surface area contributed by atoms with Crippen LogP contribution in [0.2, 0.25) is 0 Å². The monoisotopic (exact) mass is 245 g/mol. The van der Waals surface area contributed by atoms with Gasteiger partial charge < -0.3 is 5.32 Å². The number of halogens is 3. The van der Waals surface area contributed by atoms with Gasteiger partial charge in [0.05, 0.1) is 5.57 Å². The third kappa shape index (κ3) is 2.52. The second-order valence-electron chi connectivity index (χ2n) is 3.49. The van der Waals surface area contributed by atoms with E-state index in [0.717, 1.165) is 11.0 Å². The average Bonchev–Trinajstić information content (AvgIpc) is 2.29. The van der Waals surface area contributed by atoms with Crippen LogP contribution in [0.15, 0.2) is 46.5 Å². The Hall–Kier alpha value is -1.10. The lowest BCUT2D eigenvalue weighted by Gasteiger charge is -2.20. The Morgan fingerprint density at radius 1 is 1.38 bits per heavy atom. The standard InChI is InChI=1S/C11H10F3NS/c12-11(13,14)9-3-1-8(2-4-9)10-7-15-5-6-16-10/h1,3-8,15H,2H2. The molecule has 86 valence electrons. The summed E-state index contributed by atoms with van der Waals surface area (Å²) < 4.78 is 37.0. The van der Waals surface area contributed by atoms with Crippen LogP contribution in [0.5, 0.6) is 0 Å². The van der Waals surface area contributed by atoms with E-state index in [9.17, 15) is 13.2 Å². The number of alkyl halides is 3. The smallest absolute Gasteiger partial charge is 0.366 e. The summed E-state index contributed by atoms with van der Waals surface area (Å²) in [5.41, 5.74) is -0.548. The molecule has 0 aromatic carbocycles. The molecule has 2 aliphatic rings. The van der Waals surface area contributed by atoms with Gasteiger partial charge >= 0.3 is 6.18 Å². The van der Waals surface area contributed by atoms with Crippen molar-refractivity contribution in [2.45, 2.75) is 12.6 Å². The Kier molecular flexibility index (Phi) is 3.14. The molecule has 0 spiro atoms. The topological polar surface area (TPSA) is 12.0 Å². The van der Waals surface area contributed by atoms with Crippen LogP contribution in [0.25, 0.3) is 0 Å². The van der Waals surface area contributed by atoms with E-state index in [4.69, 9.17) is 0 Å². The maximum absolute atomic E-state index is 12.3. The maximum Gasteiger partial charge on any atom is 0.416 e. The molecular weight excluding hydrogens is 235 g/mol. The van der Waals surface area contributed by atoms with Crippen LogP contribution in [0.3, 0.4) is 0 Å². The fourth-order valence-corrected chi connectivity index (χ4v) is 2.34. The number of rotatable bonds is 1. The highest BCUT2D eigenvalue weighted by molar-refractivity contribution is 8.05. The highest BCUT2D eigenvalue weighted by Gasteiger charge is 2.33. The second kappa shape index (κ2) is 4.41. The number of allylic oxidation sites excluding steroid dienone is 5. The molecule has 1 nitrogen and oxygen atoms in total. The van der Waals surface area contributed by atoms with Crippen LogP contribution in [0.4, 0.5) is 13.2 Å². The van der Waals surface area contributed by atoms with Crippen LogP contribution in [0, 0.1) is 5.92 Å². The van der Waals surface area contributed by atoms with Crippen molar-refractivity contribution >= 4 is 11.8 Å². The Morgan fingerprint density at radius 2 is 2.19 bits per heavy atom. The van der Waals surface area contributed by atoms with Crippen LogP contribution in [0.1, 0.15) is 6.42 Å². The van der Waals surface area contributed by atoms with E-state index in [0.29, 0.717) is 6.42 Å². The van der Waals surface area contributed by atoms with Crippen molar-refractivity contribution in [1.29, 1.82) is 0 Å². The Morgan fingerprint density at radius 3 is 2.69 bits per heavy atom. The van der Waals surface area contributed by atoms with Gasteiger partial charge in [0.25, 0.3) is 0 Å². The quantitative estimate of drug-likeness (QED) is 0.756. The van der Waals surface area contributed by atoms with E-state index in [1.165, 1.54) is 17.8 Å². The van der Waals surface area contributed by atoms with Gasteiger partial charge in [-0.25, -0.2) is 0 Å². The number of thioether (sulfide) groups is 1. The lowest BCUT2D eigenvalue weighted by molar-refractivity contribution is -0.0886. The van der Waals surface area contributed by atoms with Gasteiger partial charge in [0.15, 0.2) is 0 Å². The summed E-state index contributed by atoms with van der Waals surface area (Å²) in [5, 5.41) is 4.81. The largest absolute Gasteiger partial charge is 0.416 e. The van der Waals surface area contributed by atoms with E-state index in [1.807, 2.05) is 11.6 Å². The predicted molar refractivity (Wildman–Crippen MR) is 59.3 cm³/mol. The van der Waals surface area contributed by atoms with Gasteiger partial charge in [-0.3, -0.25) is 0 Å². The molecule has 5 heteroatoms. The first-order valence-corrected chi connectivity index (χ1v) is 5.68. The molecule has 1 aliphatic heterocycles. The first-order valence-electron chi connectivity index (χ1n) is 4.81. The van der Waals surface area contributed by atoms with Crippen molar-refractivity contribution in [3.63, 3.8) is 0 Å². The average molecular weight is 245 g/mol. The minimum Gasteiger partial charge on any atom is -0.366 e. The van der Waals surface area contributed by atoms with Gasteiger partial charge in [-0.1, -0.05) is 30.0 Å². The Labute approximate surface area is 95.8 Å². The zero-order valence-electron chi connectivity index (χ0n) is 8.29. The molecule has 16 heavy (non-hydrogen) atoms. The summed E-state index contributed by atoms with van der Waals surface area (Å²) in [6.07, 6.45) is 3.82. The molecule has 1 aliphatic carbocycles. The van der Waals surface area contributed by atoms with Gasteiger partial charge in [-0.2, -0.15) is 13.2 Å². The molecular formula is C11H10F3NS. The van der Waals surface area contributed by atoms with Crippen LogP contribution < -0.4 is 5.32 Å². The fourth-order valence-electron chi connectivity index (χ4n) is 1.55. The van der Waals surface area contributed by atoms with Crippen LogP contribution >= 0.6 is 11.8 Å². The summed E-state index contributed by atoms with van der Waals surface area (Å²) in [4.78, 5) is 1.04. The van der Waals surface area contributed by atoms with E-state index in [-0.39, 0.29) is 5.92 Å². The number of hydrogen-bond donors (Lipinski definition) is 1. The molecule has 0 saturated heterocycles. The van der Waals surface area contributed by atoms with Crippen LogP contribution in [-0.4, -0.2) is 6.18 Å². The summed E-state index contributed by atoms with van der Waals surface area (Å²) in [5.74, 6) is 0.0496. The van der Waals surface area contributed by atoms with Crippen molar-refractivity contribution in [3.05, 3.63) is 46.5 Å². The number of nitrogens with one attached hydrogen (secondary N) is 1. The maximum atomic E-state index is 12.3. The molecule has 2 rings (SSSR count). The first-order chi connectivity index (χ1) is 7.57. The predicted octanol–water partition coefficient (Wildman–Crippen LogP) is 3.70. The molecule has 0 saturated carbocycles. The molecule has 0 aromatic heterocycles. The molecule has 0 radical (unpaired) electrons. The summed E-state index contributed by atoms with van der Waals surface area (Å²) in [7, 11) is 0. The lowest BCUT2D eigenvalue weighted by Crippen LogP contribution is -2.14. The zero-order chi connectivity index (χ0) is 11.6. The van der Waals surface area contributed by atoms with Gasteiger partial charge in [0.1, 0.15) is 0 Å². The number of hydrogen-bond acceptors (Lipinski definition) is 2. The Balaban J connectivity index is 2.03. The molecule has 0 bridgehead atoms. The van der Waals surface area contributed by atoms with Crippen molar-refractivity contribution in [1.82, 2.24) is 5.32 Å². The summed E-state index contributed by atoms with van der Waals surface area (Å²) in [6, 6.07) is 0. The third-order valence-corrected chi connectivity index (χ3v) is 3.35. The van der Waals surface area contributed by atoms with E-state index >= 15 is 0 Å². The van der Waals surface area contributed by atoms with E-state index in [1.54, 1.807) is 12.3 Å². The minimum absolute atomic E-state index is 0.0496. The van der Waals surface area contributed by atoms with Crippen molar-refractivity contribution in [2.24, 2.45) is 5.92 Å². The normalized spacial score (nSPS) is 24.8. The summed E-state index contributed by atoms with van der Waals surface area (Å²) in [6.45, 7) is 0. The molecule has 1 heterocycles. The SMILES string of the molecule is FC(F)(F)C1=CCC(C2=CNC=CS2)C=C1. The zero-order valence-corrected chi connectivity index (χ0v) is 9.11. The van der Waals surface area contributed by atoms with Crippen molar-refractivity contribution in [2.75, 3.05) is 0 Å². The lowest BCUT2D eigenvalue weighted by atomic mass is 9.96. The molecule has 0 aromatic rings. The molecule has 0 fully saturated rings. The van der Waals surface area contributed by atoms with E-state index in [2.05, 4.69) is 5.32 Å². The van der Waals surface area contributed by atoms with Gasteiger partial charge in [-0.15, -0.1) is 0 Å². The van der Waals surface area contributed by atoms with E-state index < -0.39 is 11.7 Å². The Bertz CT molecular complexity index is 391. The fraction of sp³-hybridized carbons (Fsp3) is 0.273. The first kappa shape index (κ1) is 11.4. The van der Waals surface area contributed by atoms with Crippen LogP contribution in [-0.2, 0) is 0 Å². The second-order valence-corrected chi connectivity index (χ2v) is 4.47.